The lowest BCUT2D eigenvalue weighted by Gasteiger charge is -2.27. The van der Waals surface area contributed by atoms with Crippen LogP contribution in [0, 0.1) is 11.7 Å². The number of carbonyl (C=O) groups excluding carboxylic acids is 1. The monoisotopic (exact) mass is 535 g/mol. The van der Waals surface area contributed by atoms with Crippen molar-refractivity contribution in [2.75, 3.05) is 18.1 Å². The van der Waals surface area contributed by atoms with Crippen LogP contribution in [0.25, 0.3) is 5.70 Å². The van der Waals surface area contributed by atoms with Gasteiger partial charge in [-0.2, -0.15) is 8.78 Å². The van der Waals surface area contributed by atoms with Crippen LogP contribution in [0.5, 0.6) is 5.75 Å². The smallest absolute Gasteiger partial charge is 0.387 e. The van der Waals surface area contributed by atoms with Crippen molar-refractivity contribution in [2.24, 2.45) is 16.6 Å². The minimum absolute atomic E-state index is 0.0129. The number of sulfone groups is 1. The topological polar surface area (TPSA) is 128 Å². The molecule has 0 aromatic carbocycles. The first-order valence-corrected chi connectivity index (χ1v) is 13.5. The molecule has 3 fully saturated rings. The molecular weight excluding hydrogens is 511 g/mol. The van der Waals surface area contributed by atoms with Crippen molar-refractivity contribution in [1.82, 2.24) is 14.9 Å². The molecule has 1 spiro atoms. The number of ether oxygens (including phenoxy) is 1. The van der Waals surface area contributed by atoms with Gasteiger partial charge in [0.2, 0.25) is 5.91 Å². The Bertz CT molecular complexity index is 1400. The van der Waals surface area contributed by atoms with Gasteiger partial charge in [-0.1, -0.05) is 0 Å². The van der Waals surface area contributed by atoms with E-state index in [1.54, 1.807) is 4.90 Å². The van der Waals surface area contributed by atoms with Crippen LogP contribution in [-0.2, 0) is 14.6 Å². The van der Waals surface area contributed by atoms with E-state index in [2.05, 4.69) is 19.7 Å². The zero-order chi connectivity index (χ0) is 26.4. The van der Waals surface area contributed by atoms with Crippen LogP contribution >= 0.6 is 0 Å². The molecule has 4 heterocycles. The van der Waals surface area contributed by atoms with Crippen LogP contribution in [0.1, 0.15) is 31.2 Å². The molecule has 13 heteroatoms. The quantitative estimate of drug-likeness (QED) is 0.583. The summed E-state index contributed by atoms with van der Waals surface area (Å²) >= 11 is 0. The van der Waals surface area contributed by atoms with Gasteiger partial charge in [-0.05, 0) is 43.0 Å². The molecule has 3 aliphatic rings. The fourth-order valence-electron chi connectivity index (χ4n) is 5.04. The molecule has 0 radical (unpaired) electrons. The highest BCUT2D eigenvalue weighted by Crippen LogP contribution is 2.45. The summed E-state index contributed by atoms with van der Waals surface area (Å²) in [5, 5.41) is 0. The van der Waals surface area contributed by atoms with E-state index in [0.717, 1.165) is 12.4 Å². The van der Waals surface area contributed by atoms with Gasteiger partial charge in [-0.15, -0.1) is 0 Å². The number of halogens is 3. The second-order valence-electron chi connectivity index (χ2n) is 9.50. The number of nitrogens with two attached hydrogens (primary N) is 1. The Kier molecular flexibility index (Phi) is 6.42. The Hall–Kier alpha value is -3.48. The summed E-state index contributed by atoms with van der Waals surface area (Å²) in [6.45, 7) is -2.61. The van der Waals surface area contributed by atoms with Crippen LogP contribution in [0.4, 0.5) is 19.0 Å². The molecule has 2 saturated heterocycles. The first-order valence-electron chi connectivity index (χ1n) is 11.7. The van der Waals surface area contributed by atoms with Gasteiger partial charge in [0, 0.05) is 42.1 Å². The third kappa shape index (κ3) is 5.31. The van der Waals surface area contributed by atoms with E-state index < -0.39 is 33.7 Å². The highest BCUT2D eigenvalue weighted by Gasteiger charge is 2.61. The second kappa shape index (κ2) is 9.43. The van der Waals surface area contributed by atoms with Crippen LogP contribution in [0.2, 0.25) is 0 Å². The van der Waals surface area contributed by atoms with Crippen LogP contribution in [-0.4, -0.2) is 65.1 Å². The van der Waals surface area contributed by atoms with Gasteiger partial charge in [0.1, 0.15) is 11.6 Å². The lowest BCUT2D eigenvalue weighted by Crippen LogP contribution is -2.34. The molecule has 2 aromatic heterocycles. The van der Waals surface area contributed by atoms with Crippen molar-refractivity contribution in [3.05, 3.63) is 53.7 Å². The summed E-state index contributed by atoms with van der Waals surface area (Å²) in [5.41, 5.74) is 7.46. The molecule has 9 nitrogen and oxygen atoms in total. The number of hydrogen-bond donors (Lipinski definition) is 1. The van der Waals surface area contributed by atoms with Gasteiger partial charge in [-0.3, -0.25) is 9.78 Å². The van der Waals surface area contributed by atoms with E-state index >= 15 is 0 Å². The van der Waals surface area contributed by atoms with Crippen LogP contribution in [0.3, 0.4) is 0 Å². The number of pyridine rings is 2. The van der Waals surface area contributed by atoms with E-state index in [-0.39, 0.29) is 41.1 Å². The number of aliphatic imine (C=N–C) groups is 1. The lowest BCUT2D eigenvalue weighted by atomic mass is 9.82. The molecule has 2 aliphatic heterocycles. The predicted octanol–water partition coefficient (Wildman–Crippen LogP) is 2.86. The fourth-order valence-corrected chi connectivity index (χ4v) is 7.09. The molecule has 196 valence electrons. The maximum atomic E-state index is 13.4. The Balaban J connectivity index is 1.44. The fraction of sp³-hybridized carbons (Fsp3) is 0.417. The van der Waals surface area contributed by atoms with Crippen molar-refractivity contribution in [1.29, 1.82) is 0 Å². The molecule has 1 aliphatic carbocycles. The lowest BCUT2D eigenvalue weighted by molar-refractivity contribution is -0.131. The Morgan fingerprint density at radius 1 is 1.27 bits per heavy atom. The zero-order valence-electron chi connectivity index (χ0n) is 19.6. The van der Waals surface area contributed by atoms with Gasteiger partial charge < -0.3 is 15.4 Å². The average molecular weight is 536 g/mol. The zero-order valence-corrected chi connectivity index (χ0v) is 20.4. The summed E-state index contributed by atoms with van der Waals surface area (Å²) in [6.07, 6.45) is 5.00. The van der Waals surface area contributed by atoms with Crippen molar-refractivity contribution in [2.45, 2.75) is 37.8 Å². The molecule has 0 unspecified atom stereocenters. The third-order valence-electron chi connectivity index (χ3n) is 6.97. The minimum atomic E-state index is -3.15. The van der Waals surface area contributed by atoms with Crippen molar-refractivity contribution < 1.29 is 31.1 Å². The summed E-state index contributed by atoms with van der Waals surface area (Å²) in [5.74, 6) is -0.994. The molecule has 2 N–H and O–H groups in total. The predicted molar refractivity (Wildman–Crippen MR) is 128 cm³/mol. The van der Waals surface area contributed by atoms with Gasteiger partial charge >= 0.3 is 6.61 Å². The highest BCUT2D eigenvalue weighted by molar-refractivity contribution is 7.91. The number of nitrogens with zero attached hydrogens (tertiary/aromatic N) is 4. The van der Waals surface area contributed by atoms with E-state index in [1.807, 2.05) is 0 Å². The van der Waals surface area contributed by atoms with Gasteiger partial charge in [0.05, 0.1) is 29.4 Å². The number of amides is 1. The van der Waals surface area contributed by atoms with Crippen LogP contribution < -0.4 is 10.5 Å². The minimum Gasteiger partial charge on any atom is -0.433 e. The molecule has 5 rings (SSSR count). The molecule has 2 atom stereocenters. The highest BCUT2D eigenvalue weighted by atomic mass is 32.2. The molecule has 1 amide bonds. The molecule has 37 heavy (non-hydrogen) atoms. The van der Waals surface area contributed by atoms with Crippen molar-refractivity contribution >= 4 is 33.0 Å². The number of aromatic nitrogens is 2. The number of rotatable bonds is 5. The molecule has 1 saturated carbocycles. The number of alkyl halides is 2. The van der Waals surface area contributed by atoms with E-state index in [4.69, 9.17) is 5.73 Å². The van der Waals surface area contributed by atoms with Crippen LogP contribution in [0.15, 0.2) is 47.4 Å². The van der Waals surface area contributed by atoms with Crippen molar-refractivity contribution in [3.8, 4) is 5.75 Å². The SMILES string of the molecule is NC(=C1CC[C@@H](C(=O)N2C[C@@]23CCS(=O)(=O)C3)CC1=Nc1ccc(F)cn1)c1cncc(OC(F)F)c1. The largest absolute Gasteiger partial charge is 0.433 e. The van der Waals surface area contributed by atoms with Crippen molar-refractivity contribution in [3.63, 3.8) is 0 Å². The average Bonchev–Trinajstić information content (AvgIpc) is 3.46. The Morgan fingerprint density at radius 3 is 2.76 bits per heavy atom. The Morgan fingerprint density at radius 2 is 2.08 bits per heavy atom. The maximum absolute atomic E-state index is 13.4. The normalized spacial score (nSPS) is 27.1. The maximum Gasteiger partial charge on any atom is 0.387 e. The molecular formula is C24H24F3N5O4S. The first-order chi connectivity index (χ1) is 17.6. The second-order valence-corrected chi connectivity index (χ2v) is 11.7. The van der Waals surface area contributed by atoms with Gasteiger partial charge in [0.15, 0.2) is 15.7 Å². The van der Waals surface area contributed by atoms with E-state index in [9.17, 15) is 26.4 Å². The third-order valence-corrected chi connectivity index (χ3v) is 8.77. The van der Waals surface area contributed by atoms with Gasteiger partial charge in [-0.25, -0.2) is 22.8 Å². The number of carbonyl (C=O) groups is 1. The van der Waals surface area contributed by atoms with E-state index in [0.29, 0.717) is 42.7 Å². The summed E-state index contributed by atoms with van der Waals surface area (Å²) in [6, 6.07) is 3.94. The Labute approximate surface area is 211 Å². The summed E-state index contributed by atoms with van der Waals surface area (Å²) < 4.78 is 67.1. The molecule has 2 aromatic rings. The van der Waals surface area contributed by atoms with E-state index in [1.165, 1.54) is 24.4 Å². The first kappa shape index (κ1) is 25.2. The number of hydrogen-bond acceptors (Lipinski definition) is 8. The standard InChI is InChI=1S/C24H24F3N5O4S/c25-16-2-4-20(30-10-16)31-19-8-14(22(33)32-12-24(32)5-6-37(34,35)13-24)1-3-18(19)21(28)15-7-17(11-29-9-15)36-23(26)27/h2,4,7,9-11,14,23H,1,3,5-6,8,12-13,28H2/t14-,24-,32?/m1/s1. The summed E-state index contributed by atoms with van der Waals surface area (Å²) in [4.78, 5) is 27.4. The summed E-state index contributed by atoms with van der Waals surface area (Å²) in [7, 11) is -3.15. The molecule has 0 bridgehead atoms. The van der Waals surface area contributed by atoms with Gasteiger partial charge in [0.25, 0.3) is 0 Å². The number of allylic oxidation sites excluding steroid dienone is 1.